The summed E-state index contributed by atoms with van der Waals surface area (Å²) in [5.41, 5.74) is 6.37. The van der Waals surface area contributed by atoms with Crippen LogP contribution in [0.4, 0.5) is 5.69 Å². The van der Waals surface area contributed by atoms with Gasteiger partial charge in [0.05, 0.1) is 7.11 Å². The SMILES string of the molecule is COc1nn2c(C)nnc2c(Cl)c1N. The van der Waals surface area contributed by atoms with Gasteiger partial charge in [-0.3, -0.25) is 0 Å². The number of fused-ring (bicyclic) bond motifs is 1. The van der Waals surface area contributed by atoms with Crippen LogP contribution in [0, 0.1) is 6.92 Å². The minimum Gasteiger partial charge on any atom is -0.478 e. The molecule has 2 N–H and O–H groups in total. The summed E-state index contributed by atoms with van der Waals surface area (Å²) in [5, 5.41) is 12.0. The van der Waals surface area contributed by atoms with E-state index in [0.717, 1.165) is 0 Å². The molecule has 0 radical (unpaired) electrons. The first-order valence-electron chi connectivity index (χ1n) is 3.86. The van der Waals surface area contributed by atoms with Crippen LogP contribution in [0.25, 0.3) is 5.65 Å². The molecule has 74 valence electrons. The normalized spacial score (nSPS) is 10.8. The Balaban J connectivity index is 2.87. The van der Waals surface area contributed by atoms with Gasteiger partial charge < -0.3 is 10.5 Å². The van der Waals surface area contributed by atoms with E-state index in [4.69, 9.17) is 22.1 Å². The molecule has 14 heavy (non-hydrogen) atoms. The third-order valence-electron chi connectivity index (χ3n) is 1.84. The highest BCUT2D eigenvalue weighted by Gasteiger charge is 2.14. The van der Waals surface area contributed by atoms with Crippen molar-refractivity contribution in [2.75, 3.05) is 12.8 Å². The molecule has 7 heteroatoms. The second-order valence-electron chi connectivity index (χ2n) is 2.72. The van der Waals surface area contributed by atoms with Crippen LogP contribution in [0.15, 0.2) is 0 Å². The quantitative estimate of drug-likeness (QED) is 0.754. The predicted molar refractivity (Wildman–Crippen MR) is 51.5 cm³/mol. The Morgan fingerprint density at radius 1 is 1.43 bits per heavy atom. The van der Waals surface area contributed by atoms with Crippen molar-refractivity contribution in [3.63, 3.8) is 0 Å². The Bertz CT molecular complexity index is 494. The number of nitrogen functional groups attached to an aromatic ring is 1. The lowest BCUT2D eigenvalue weighted by molar-refractivity contribution is 0.392. The van der Waals surface area contributed by atoms with Crippen LogP contribution >= 0.6 is 11.6 Å². The van der Waals surface area contributed by atoms with Crippen molar-refractivity contribution in [3.8, 4) is 5.88 Å². The molecule has 0 aromatic carbocycles. The van der Waals surface area contributed by atoms with Crippen LogP contribution < -0.4 is 10.5 Å². The predicted octanol–water partition coefficient (Wildman–Crippen LogP) is 0.677. The van der Waals surface area contributed by atoms with Gasteiger partial charge in [-0.1, -0.05) is 11.6 Å². The minimum atomic E-state index is 0.269. The molecular weight excluding hydrogens is 206 g/mol. The number of rotatable bonds is 1. The lowest BCUT2D eigenvalue weighted by atomic mass is 10.4. The molecule has 2 rings (SSSR count). The number of anilines is 1. The first-order chi connectivity index (χ1) is 6.65. The van der Waals surface area contributed by atoms with E-state index in [2.05, 4.69) is 15.3 Å². The Kier molecular flexibility index (Phi) is 1.92. The third kappa shape index (κ3) is 1.07. The summed E-state index contributed by atoms with van der Waals surface area (Å²) < 4.78 is 6.44. The van der Waals surface area contributed by atoms with E-state index >= 15 is 0 Å². The van der Waals surface area contributed by atoms with Crippen LogP contribution in [0.1, 0.15) is 5.82 Å². The highest BCUT2D eigenvalue weighted by atomic mass is 35.5. The smallest absolute Gasteiger partial charge is 0.256 e. The van der Waals surface area contributed by atoms with Crippen molar-refractivity contribution in [2.45, 2.75) is 6.92 Å². The van der Waals surface area contributed by atoms with E-state index in [0.29, 0.717) is 16.5 Å². The number of hydrogen-bond donors (Lipinski definition) is 1. The standard InChI is InChI=1S/C7H8ClN5O/c1-3-10-11-6-4(8)5(9)7(14-2)12-13(3)6/h9H2,1-2H3. The third-order valence-corrected chi connectivity index (χ3v) is 2.22. The summed E-state index contributed by atoms with van der Waals surface area (Å²) in [7, 11) is 1.47. The number of ether oxygens (including phenoxy) is 1. The molecule has 0 aliphatic carbocycles. The molecule has 0 atom stereocenters. The van der Waals surface area contributed by atoms with Gasteiger partial charge >= 0.3 is 0 Å². The fraction of sp³-hybridized carbons (Fsp3) is 0.286. The number of nitrogens with zero attached hydrogens (tertiary/aromatic N) is 4. The molecule has 0 bridgehead atoms. The largest absolute Gasteiger partial charge is 0.478 e. The molecule has 0 spiro atoms. The Labute approximate surface area is 84.6 Å². The van der Waals surface area contributed by atoms with Crippen LogP contribution in [0.5, 0.6) is 5.88 Å². The maximum absolute atomic E-state index is 5.95. The summed E-state index contributed by atoms with van der Waals surface area (Å²) >= 11 is 5.95. The summed E-state index contributed by atoms with van der Waals surface area (Å²) in [4.78, 5) is 0. The molecule has 0 saturated heterocycles. The van der Waals surface area contributed by atoms with Crippen LogP contribution in [-0.2, 0) is 0 Å². The molecule has 6 nitrogen and oxygen atoms in total. The molecule has 0 unspecified atom stereocenters. The highest BCUT2D eigenvalue weighted by Crippen LogP contribution is 2.29. The zero-order chi connectivity index (χ0) is 10.3. The van der Waals surface area contributed by atoms with E-state index in [1.54, 1.807) is 6.92 Å². The number of aromatic nitrogens is 4. The first kappa shape index (κ1) is 9.01. The van der Waals surface area contributed by atoms with Gasteiger partial charge in [0.1, 0.15) is 10.7 Å². The lowest BCUT2D eigenvalue weighted by Gasteiger charge is -2.05. The van der Waals surface area contributed by atoms with E-state index in [-0.39, 0.29) is 11.6 Å². The van der Waals surface area contributed by atoms with Gasteiger partial charge in [-0.05, 0) is 6.92 Å². The van der Waals surface area contributed by atoms with Gasteiger partial charge in [-0.15, -0.1) is 15.3 Å². The lowest BCUT2D eigenvalue weighted by Crippen LogP contribution is -2.03. The van der Waals surface area contributed by atoms with E-state index in [9.17, 15) is 0 Å². The molecular formula is C7H8ClN5O. The Hall–Kier alpha value is -1.56. The van der Waals surface area contributed by atoms with Crippen molar-refractivity contribution in [1.29, 1.82) is 0 Å². The van der Waals surface area contributed by atoms with E-state index < -0.39 is 0 Å². The van der Waals surface area contributed by atoms with Crippen molar-refractivity contribution < 1.29 is 4.74 Å². The fourth-order valence-electron chi connectivity index (χ4n) is 1.12. The molecule has 2 heterocycles. The monoisotopic (exact) mass is 213 g/mol. The van der Waals surface area contributed by atoms with Crippen molar-refractivity contribution >= 4 is 22.9 Å². The molecule has 0 saturated carbocycles. The van der Waals surface area contributed by atoms with Crippen molar-refractivity contribution in [2.24, 2.45) is 0 Å². The topological polar surface area (TPSA) is 78.3 Å². The number of hydrogen-bond acceptors (Lipinski definition) is 5. The van der Waals surface area contributed by atoms with Gasteiger partial charge in [-0.2, -0.15) is 4.52 Å². The van der Waals surface area contributed by atoms with Crippen LogP contribution in [-0.4, -0.2) is 26.9 Å². The van der Waals surface area contributed by atoms with Gasteiger partial charge in [0.2, 0.25) is 0 Å². The maximum atomic E-state index is 5.95. The number of aryl methyl sites for hydroxylation is 1. The van der Waals surface area contributed by atoms with E-state index in [1.807, 2.05) is 0 Å². The zero-order valence-corrected chi connectivity index (χ0v) is 8.41. The van der Waals surface area contributed by atoms with E-state index in [1.165, 1.54) is 11.6 Å². The first-order valence-corrected chi connectivity index (χ1v) is 4.24. The summed E-state index contributed by atoms with van der Waals surface area (Å²) in [6.45, 7) is 1.76. The second kappa shape index (κ2) is 2.98. The number of halogens is 1. The van der Waals surface area contributed by atoms with Crippen molar-refractivity contribution in [1.82, 2.24) is 19.8 Å². The highest BCUT2D eigenvalue weighted by molar-refractivity contribution is 6.36. The molecule has 2 aromatic rings. The average Bonchev–Trinajstić information content (AvgIpc) is 2.54. The maximum Gasteiger partial charge on any atom is 0.256 e. The fourth-order valence-corrected chi connectivity index (χ4v) is 1.32. The van der Waals surface area contributed by atoms with Crippen LogP contribution in [0.3, 0.4) is 0 Å². The molecule has 0 fully saturated rings. The van der Waals surface area contributed by atoms with Crippen molar-refractivity contribution in [3.05, 3.63) is 10.8 Å². The zero-order valence-electron chi connectivity index (χ0n) is 7.65. The Morgan fingerprint density at radius 3 is 2.79 bits per heavy atom. The summed E-state index contributed by atoms with van der Waals surface area (Å²) in [6.07, 6.45) is 0. The second-order valence-corrected chi connectivity index (χ2v) is 3.10. The average molecular weight is 214 g/mol. The summed E-state index contributed by atoms with van der Waals surface area (Å²) in [6, 6.07) is 0. The van der Waals surface area contributed by atoms with Gasteiger partial charge in [0.15, 0.2) is 11.5 Å². The molecule has 0 aliphatic rings. The van der Waals surface area contributed by atoms with Gasteiger partial charge in [0, 0.05) is 0 Å². The number of methoxy groups -OCH3 is 1. The van der Waals surface area contributed by atoms with Gasteiger partial charge in [-0.25, -0.2) is 0 Å². The summed E-state index contributed by atoms with van der Waals surface area (Å²) in [5.74, 6) is 0.894. The van der Waals surface area contributed by atoms with Gasteiger partial charge in [0.25, 0.3) is 5.88 Å². The number of nitrogens with two attached hydrogens (primary N) is 1. The Morgan fingerprint density at radius 2 is 2.14 bits per heavy atom. The molecule has 2 aromatic heterocycles. The molecule has 0 aliphatic heterocycles. The minimum absolute atomic E-state index is 0.269. The molecule has 0 amide bonds. The van der Waals surface area contributed by atoms with Crippen LogP contribution in [0.2, 0.25) is 5.02 Å².